The van der Waals surface area contributed by atoms with Crippen molar-refractivity contribution >= 4 is 11.8 Å². The SMILES string of the molecule is CCC(O)(CC)CSc1nnc(C2CC2)n1C1CC1. The summed E-state index contributed by atoms with van der Waals surface area (Å²) in [6.07, 6.45) is 6.65. The molecule has 0 saturated heterocycles. The van der Waals surface area contributed by atoms with Crippen molar-refractivity contribution in [3.63, 3.8) is 0 Å². The van der Waals surface area contributed by atoms with Gasteiger partial charge in [0.25, 0.3) is 0 Å². The van der Waals surface area contributed by atoms with Crippen LogP contribution in [0, 0.1) is 0 Å². The van der Waals surface area contributed by atoms with Gasteiger partial charge in [0.1, 0.15) is 5.82 Å². The van der Waals surface area contributed by atoms with E-state index < -0.39 is 5.60 Å². The molecule has 0 spiro atoms. The van der Waals surface area contributed by atoms with Gasteiger partial charge in [-0.05, 0) is 38.5 Å². The van der Waals surface area contributed by atoms with Gasteiger partial charge >= 0.3 is 0 Å². The number of nitrogens with zero attached hydrogens (tertiary/aromatic N) is 3. The van der Waals surface area contributed by atoms with Crippen molar-refractivity contribution in [1.82, 2.24) is 14.8 Å². The Morgan fingerprint density at radius 1 is 1.21 bits per heavy atom. The van der Waals surface area contributed by atoms with Crippen LogP contribution in [0.15, 0.2) is 5.16 Å². The van der Waals surface area contributed by atoms with Gasteiger partial charge in [0.2, 0.25) is 0 Å². The molecule has 106 valence electrons. The first-order chi connectivity index (χ1) is 9.17. The zero-order valence-corrected chi connectivity index (χ0v) is 12.6. The zero-order chi connectivity index (χ0) is 13.5. The third kappa shape index (κ3) is 2.82. The minimum Gasteiger partial charge on any atom is -0.389 e. The highest BCUT2D eigenvalue weighted by Gasteiger charge is 2.36. The standard InChI is InChI=1S/C14H23N3OS/c1-3-14(18,4-2)9-19-13-16-15-12(10-5-6-10)17(13)11-7-8-11/h10-11,18H,3-9H2,1-2H3. The zero-order valence-electron chi connectivity index (χ0n) is 11.8. The molecule has 2 aliphatic rings. The molecule has 2 aliphatic carbocycles. The molecule has 2 saturated carbocycles. The Labute approximate surface area is 119 Å². The van der Waals surface area contributed by atoms with Gasteiger partial charge in [-0.25, -0.2) is 0 Å². The minimum absolute atomic E-state index is 0.565. The molecule has 0 amide bonds. The highest BCUT2D eigenvalue weighted by molar-refractivity contribution is 7.99. The quantitative estimate of drug-likeness (QED) is 0.780. The van der Waals surface area contributed by atoms with E-state index in [1.165, 1.54) is 31.5 Å². The van der Waals surface area contributed by atoms with Crippen LogP contribution in [0.4, 0.5) is 0 Å². The fourth-order valence-electron chi connectivity index (χ4n) is 2.34. The first-order valence-electron chi connectivity index (χ1n) is 7.47. The van der Waals surface area contributed by atoms with E-state index in [1.807, 2.05) is 13.8 Å². The molecule has 3 rings (SSSR count). The fourth-order valence-corrected chi connectivity index (χ4v) is 3.62. The van der Waals surface area contributed by atoms with Crippen molar-refractivity contribution in [3.8, 4) is 0 Å². The van der Waals surface area contributed by atoms with Crippen LogP contribution in [0.1, 0.15) is 70.2 Å². The van der Waals surface area contributed by atoms with Crippen molar-refractivity contribution in [1.29, 1.82) is 0 Å². The molecule has 1 N–H and O–H groups in total. The molecule has 0 aromatic carbocycles. The summed E-state index contributed by atoms with van der Waals surface area (Å²) in [5.74, 6) is 2.57. The summed E-state index contributed by atoms with van der Waals surface area (Å²) >= 11 is 1.68. The summed E-state index contributed by atoms with van der Waals surface area (Å²) in [5.41, 5.74) is -0.565. The maximum Gasteiger partial charge on any atom is 0.191 e. The first kappa shape index (κ1) is 13.4. The largest absolute Gasteiger partial charge is 0.389 e. The lowest BCUT2D eigenvalue weighted by atomic mass is 10.0. The van der Waals surface area contributed by atoms with Crippen molar-refractivity contribution in [2.75, 3.05) is 5.75 Å². The monoisotopic (exact) mass is 281 g/mol. The first-order valence-corrected chi connectivity index (χ1v) is 8.45. The molecular formula is C14H23N3OS. The number of aliphatic hydroxyl groups is 1. The van der Waals surface area contributed by atoms with Crippen LogP contribution in [0.5, 0.6) is 0 Å². The van der Waals surface area contributed by atoms with E-state index in [9.17, 15) is 5.11 Å². The molecule has 5 heteroatoms. The number of rotatable bonds is 7. The maximum atomic E-state index is 10.4. The second-order valence-electron chi connectivity index (χ2n) is 5.94. The van der Waals surface area contributed by atoms with Crippen LogP contribution in [0.2, 0.25) is 0 Å². The van der Waals surface area contributed by atoms with E-state index in [1.54, 1.807) is 11.8 Å². The Hall–Kier alpha value is -0.550. The Kier molecular flexibility index (Phi) is 3.60. The van der Waals surface area contributed by atoms with Gasteiger partial charge in [0, 0.05) is 17.7 Å². The van der Waals surface area contributed by atoms with E-state index in [2.05, 4.69) is 14.8 Å². The molecule has 1 aromatic rings. The third-order valence-electron chi connectivity index (χ3n) is 4.33. The lowest BCUT2D eigenvalue weighted by Gasteiger charge is -2.24. The smallest absolute Gasteiger partial charge is 0.191 e. The summed E-state index contributed by atoms with van der Waals surface area (Å²) in [6.45, 7) is 4.09. The van der Waals surface area contributed by atoms with E-state index >= 15 is 0 Å². The van der Waals surface area contributed by atoms with Crippen LogP contribution < -0.4 is 0 Å². The second-order valence-corrected chi connectivity index (χ2v) is 6.88. The van der Waals surface area contributed by atoms with Crippen LogP contribution >= 0.6 is 11.8 Å². The molecule has 0 bridgehead atoms. The molecule has 0 radical (unpaired) electrons. The Balaban J connectivity index is 1.73. The summed E-state index contributed by atoms with van der Waals surface area (Å²) in [7, 11) is 0. The average molecular weight is 281 g/mol. The van der Waals surface area contributed by atoms with E-state index in [0.717, 1.165) is 23.8 Å². The lowest BCUT2D eigenvalue weighted by molar-refractivity contribution is 0.0571. The van der Waals surface area contributed by atoms with Crippen molar-refractivity contribution in [2.24, 2.45) is 0 Å². The molecule has 2 fully saturated rings. The van der Waals surface area contributed by atoms with Gasteiger partial charge in [-0.1, -0.05) is 25.6 Å². The second kappa shape index (κ2) is 5.09. The van der Waals surface area contributed by atoms with Crippen LogP contribution in [-0.2, 0) is 0 Å². The summed E-state index contributed by atoms with van der Waals surface area (Å²) in [5, 5.41) is 20.2. The Bertz CT molecular complexity index is 448. The molecule has 0 atom stereocenters. The fraction of sp³-hybridized carbons (Fsp3) is 0.857. The molecule has 19 heavy (non-hydrogen) atoms. The van der Waals surface area contributed by atoms with Crippen LogP contribution in [0.25, 0.3) is 0 Å². The van der Waals surface area contributed by atoms with E-state index in [-0.39, 0.29) is 0 Å². The maximum absolute atomic E-state index is 10.4. The summed E-state index contributed by atoms with van der Waals surface area (Å²) in [4.78, 5) is 0. The number of thioether (sulfide) groups is 1. The predicted octanol–water partition coefficient (Wildman–Crippen LogP) is 3.13. The highest BCUT2D eigenvalue weighted by atomic mass is 32.2. The third-order valence-corrected chi connectivity index (χ3v) is 5.55. The highest BCUT2D eigenvalue weighted by Crippen LogP contribution is 2.46. The minimum atomic E-state index is -0.565. The van der Waals surface area contributed by atoms with Crippen molar-refractivity contribution in [3.05, 3.63) is 5.82 Å². The van der Waals surface area contributed by atoms with Gasteiger partial charge in [-0.15, -0.1) is 10.2 Å². The van der Waals surface area contributed by atoms with Crippen LogP contribution in [-0.4, -0.2) is 31.2 Å². The predicted molar refractivity (Wildman–Crippen MR) is 76.5 cm³/mol. The lowest BCUT2D eigenvalue weighted by Crippen LogP contribution is -2.29. The van der Waals surface area contributed by atoms with Crippen molar-refractivity contribution < 1.29 is 5.11 Å². The van der Waals surface area contributed by atoms with Gasteiger partial charge in [0.15, 0.2) is 5.16 Å². The number of hydrogen-bond donors (Lipinski definition) is 1. The van der Waals surface area contributed by atoms with Gasteiger partial charge in [-0.3, -0.25) is 0 Å². The molecule has 1 aromatic heterocycles. The van der Waals surface area contributed by atoms with E-state index in [4.69, 9.17) is 0 Å². The Morgan fingerprint density at radius 3 is 2.42 bits per heavy atom. The van der Waals surface area contributed by atoms with Crippen LogP contribution in [0.3, 0.4) is 0 Å². The molecular weight excluding hydrogens is 258 g/mol. The van der Waals surface area contributed by atoms with E-state index in [0.29, 0.717) is 12.0 Å². The number of hydrogen-bond acceptors (Lipinski definition) is 4. The normalized spacial score (nSPS) is 19.9. The molecule has 4 nitrogen and oxygen atoms in total. The summed E-state index contributed by atoms with van der Waals surface area (Å²) in [6, 6.07) is 0.629. The van der Waals surface area contributed by atoms with Gasteiger partial charge in [0.05, 0.1) is 5.60 Å². The van der Waals surface area contributed by atoms with Gasteiger partial charge < -0.3 is 9.67 Å². The molecule has 1 heterocycles. The van der Waals surface area contributed by atoms with Crippen molar-refractivity contribution in [2.45, 2.75) is 75.1 Å². The van der Waals surface area contributed by atoms with Gasteiger partial charge in [-0.2, -0.15) is 0 Å². The Morgan fingerprint density at radius 2 is 1.89 bits per heavy atom. The molecule has 0 aliphatic heterocycles. The molecule has 0 unspecified atom stereocenters. The average Bonchev–Trinajstić information content (AvgIpc) is 3.34. The topological polar surface area (TPSA) is 50.9 Å². The number of aromatic nitrogens is 3. The summed E-state index contributed by atoms with van der Waals surface area (Å²) < 4.78 is 2.36.